The molecule has 0 saturated carbocycles. The van der Waals surface area contributed by atoms with Gasteiger partial charge < -0.3 is 30.1 Å². The number of likely N-dealkylation sites (N-methyl/N-ethyl adjacent to an activating group) is 1. The molecule has 3 aromatic rings. The standard InChI is InChI=1S/C32H45N9O3/c1-22(2)27-21-33-41-29(27)36-32(44-26-14-17-39(5)18-15-26)37-31(41)35-25-12-19-40(20-13-25)30(43)23-8-10-24(11-9-23)34-28(42)7-6-16-38(3)4/h6-11,21-22,25-26H,12-20H2,1-5H3,(H,34,42)(H,35,36,37). The van der Waals surface area contributed by atoms with Crippen LogP contribution in [0.1, 0.15) is 61.4 Å². The molecule has 4 heterocycles. The number of rotatable bonds is 10. The number of nitrogens with zero attached hydrogens (tertiary/aromatic N) is 7. The molecule has 0 aliphatic carbocycles. The van der Waals surface area contributed by atoms with Gasteiger partial charge in [0.05, 0.1) is 6.20 Å². The van der Waals surface area contributed by atoms with Crippen LogP contribution in [0.3, 0.4) is 0 Å². The van der Waals surface area contributed by atoms with Crippen LogP contribution in [0.5, 0.6) is 6.01 Å². The molecule has 0 radical (unpaired) electrons. The van der Waals surface area contributed by atoms with Gasteiger partial charge in [0.1, 0.15) is 6.10 Å². The first-order valence-electron chi connectivity index (χ1n) is 15.5. The summed E-state index contributed by atoms with van der Waals surface area (Å²) in [5, 5.41) is 11.0. The van der Waals surface area contributed by atoms with Crippen LogP contribution >= 0.6 is 0 Å². The zero-order valence-electron chi connectivity index (χ0n) is 26.5. The van der Waals surface area contributed by atoms with E-state index in [9.17, 15) is 9.59 Å². The Morgan fingerprint density at radius 3 is 2.41 bits per heavy atom. The van der Waals surface area contributed by atoms with Gasteiger partial charge in [0, 0.05) is 61.7 Å². The summed E-state index contributed by atoms with van der Waals surface area (Å²) < 4.78 is 8.06. The Kier molecular flexibility index (Phi) is 10.1. The number of hydrogen-bond donors (Lipinski definition) is 2. The molecule has 5 rings (SSSR count). The Morgan fingerprint density at radius 2 is 1.75 bits per heavy atom. The number of ether oxygens (including phenoxy) is 1. The van der Waals surface area contributed by atoms with Crippen LogP contribution in [0.25, 0.3) is 5.65 Å². The van der Waals surface area contributed by atoms with Gasteiger partial charge in [-0.05, 0) is 77.0 Å². The van der Waals surface area contributed by atoms with Crippen LogP contribution < -0.4 is 15.4 Å². The fraction of sp³-hybridized carbons (Fsp3) is 0.531. The molecule has 2 N–H and O–H groups in total. The van der Waals surface area contributed by atoms with Crippen LogP contribution in [0.2, 0.25) is 0 Å². The third-order valence-electron chi connectivity index (χ3n) is 8.19. The van der Waals surface area contributed by atoms with Crippen LogP contribution in [0.4, 0.5) is 11.6 Å². The monoisotopic (exact) mass is 603 g/mol. The van der Waals surface area contributed by atoms with Crippen molar-refractivity contribution in [2.75, 3.05) is 64.5 Å². The van der Waals surface area contributed by atoms with E-state index < -0.39 is 0 Å². The largest absolute Gasteiger partial charge is 0.460 e. The average molecular weight is 604 g/mol. The first kappa shape index (κ1) is 31.4. The van der Waals surface area contributed by atoms with Gasteiger partial charge in [0.2, 0.25) is 11.9 Å². The molecule has 2 fully saturated rings. The normalized spacial score (nSPS) is 17.2. The topological polar surface area (TPSA) is 120 Å². The molecule has 2 saturated heterocycles. The predicted octanol–water partition coefficient (Wildman–Crippen LogP) is 3.49. The summed E-state index contributed by atoms with van der Waals surface area (Å²) in [5.41, 5.74) is 3.06. The maximum atomic E-state index is 13.2. The Morgan fingerprint density at radius 1 is 1.05 bits per heavy atom. The SMILES string of the molecule is CC(C)c1cnn2c(NC3CCN(C(=O)c4ccc(NC(=O)C=CCN(C)C)cc4)CC3)nc(OC3CCN(C)CC3)nc12. The van der Waals surface area contributed by atoms with Crippen LogP contribution in [0, 0.1) is 0 Å². The molecule has 2 aliphatic heterocycles. The number of benzene rings is 1. The lowest BCUT2D eigenvalue weighted by atomic mass is 10.0. The number of amides is 2. The van der Waals surface area contributed by atoms with E-state index in [0.717, 1.165) is 50.0 Å². The van der Waals surface area contributed by atoms with Crippen molar-refractivity contribution < 1.29 is 14.3 Å². The zero-order valence-corrected chi connectivity index (χ0v) is 26.5. The Bertz CT molecular complexity index is 1450. The lowest BCUT2D eigenvalue weighted by Gasteiger charge is -2.33. The van der Waals surface area contributed by atoms with E-state index in [2.05, 4.69) is 41.5 Å². The van der Waals surface area contributed by atoms with E-state index in [4.69, 9.17) is 14.7 Å². The molecular weight excluding hydrogens is 558 g/mol. The lowest BCUT2D eigenvalue weighted by Crippen LogP contribution is -2.42. The number of fused-ring (bicyclic) bond motifs is 1. The summed E-state index contributed by atoms with van der Waals surface area (Å²) in [6, 6.07) is 7.56. The van der Waals surface area contributed by atoms with Gasteiger partial charge in [0.25, 0.3) is 5.91 Å². The van der Waals surface area contributed by atoms with Gasteiger partial charge in [0.15, 0.2) is 5.65 Å². The smallest absolute Gasteiger partial charge is 0.322 e. The first-order valence-corrected chi connectivity index (χ1v) is 15.5. The highest BCUT2D eigenvalue weighted by molar-refractivity contribution is 6.00. The second-order valence-corrected chi connectivity index (χ2v) is 12.4. The first-order chi connectivity index (χ1) is 21.2. The van der Waals surface area contributed by atoms with Gasteiger partial charge in [-0.25, -0.2) is 0 Å². The Balaban J connectivity index is 1.19. The molecule has 1 aromatic carbocycles. The van der Waals surface area contributed by atoms with Crippen molar-refractivity contribution in [3.8, 4) is 6.01 Å². The van der Waals surface area contributed by atoms with Crippen molar-refractivity contribution in [3.05, 3.63) is 53.7 Å². The van der Waals surface area contributed by atoms with Crippen molar-refractivity contribution in [1.82, 2.24) is 34.3 Å². The van der Waals surface area contributed by atoms with E-state index in [1.807, 2.05) is 30.1 Å². The molecular formula is C32H45N9O3. The number of likely N-dealkylation sites (tertiary alicyclic amines) is 2. The highest BCUT2D eigenvalue weighted by Gasteiger charge is 2.26. The lowest BCUT2D eigenvalue weighted by molar-refractivity contribution is -0.111. The fourth-order valence-electron chi connectivity index (χ4n) is 5.52. The van der Waals surface area contributed by atoms with Gasteiger partial charge in [-0.2, -0.15) is 19.6 Å². The molecule has 0 spiro atoms. The summed E-state index contributed by atoms with van der Waals surface area (Å²) in [4.78, 5) is 41.1. The molecule has 0 unspecified atom stereocenters. The number of piperidine rings is 2. The van der Waals surface area contributed by atoms with Gasteiger partial charge >= 0.3 is 6.01 Å². The van der Waals surface area contributed by atoms with E-state index in [1.54, 1.807) is 34.9 Å². The van der Waals surface area contributed by atoms with E-state index >= 15 is 0 Å². The minimum absolute atomic E-state index is 0.0147. The molecule has 2 aliphatic rings. The summed E-state index contributed by atoms with van der Waals surface area (Å²) in [7, 11) is 6.02. The predicted molar refractivity (Wildman–Crippen MR) is 171 cm³/mol. The number of carbonyl (C=O) groups is 2. The van der Waals surface area contributed by atoms with Crippen molar-refractivity contribution >= 4 is 29.1 Å². The molecule has 12 nitrogen and oxygen atoms in total. The fourth-order valence-corrected chi connectivity index (χ4v) is 5.52. The highest BCUT2D eigenvalue weighted by atomic mass is 16.5. The maximum Gasteiger partial charge on any atom is 0.322 e. The van der Waals surface area contributed by atoms with Crippen molar-refractivity contribution in [3.63, 3.8) is 0 Å². The second kappa shape index (κ2) is 14.2. The van der Waals surface area contributed by atoms with Crippen LogP contribution in [-0.2, 0) is 4.79 Å². The van der Waals surface area contributed by atoms with Crippen molar-refractivity contribution in [2.45, 2.75) is 57.6 Å². The molecule has 12 heteroatoms. The Hall–Kier alpha value is -4.03. The minimum Gasteiger partial charge on any atom is -0.460 e. The van der Waals surface area contributed by atoms with Crippen molar-refractivity contribution in [2.24, 2.45) is 0 Å². The highest BCUT2D eigenvalue weighted by Crippen LogP contribution is 2.26. The summed E-state index contributed by atoms with van der Waals surface area (Å²) in [6.07, 6.45) is 8.71. The molecule has 0 atom stereocenters. The molecule has 236 valence electrons. The van der Waals surface area contributed by atoms with E-state index in [-0.39, 0.29) is 29.9 Å². The molecule has 0 bridgehead atoms. The summed E-state index contributed by atoms with van der Waals surface area (Å²) in [5.74, 6) is 0.663. The van der Waals surface area contributed by atoms with Gasteiger partial charge in [-0.3, -0.25) is 9.59 Å². The number of carbonyl (C=O) groups excluding carboxylic acids is 2. The van der Waals surface area contributed by atoms with Crippen molar-refractivity contribution in [1.29, 1.82) is 0 Å². The van der Waals surface area contributed by atoms with Crippen LogP contribution in [0.15, 0.2) is 42.6 Å². The third kappa shape index (κ3) is 7.92. The zero-order chi connectivity index (χ0) is 31.2. The minimum atomic E-state index is -0.197. The van der Waals surface area contributed by atoms with Gasteiger partial charge in [-0.15, -0.1) is 0 Å². The molecule has 44 heavy (non-hydrogen) atoms. The Labute approximate surface area is 259 Å². The van der Waals surface area contributed by atoms with Gasteiger partial charge in [-0.1, -0.05) is 19.9 Å². The third-order valence-corrected chi connectivity index (χ3v) is 8.19. The van der Waals surface area contributed by atoms with Crippen LogP contribution in [-0.4, -0.2) is 112 Å². The number of nitrogens with one attached hydrogen (secondary N) is 2. The summed E-state index contributed by atoms with van der Waals surface area (Å²) >= 11 is 0. The molecule has 2 aromatic heterocycles. The molecule has 2 amide bonds. The number of hydrogen-bond acceptors (Lipinski definition) is 9. The number of aromatic nitrogens is 4. The van der Waals surface area contributed by atoms with E-state index in [1.165, 1.54) is 6.08 Å². The second-order valence-electron chi connectivity index (χ2n) is 12.4. The average Bonchev–Trinajstić information content (AvgIpc) is 3.43. The quantitative estimate of drug-likeness (QED) is 0.336. The number of anilines is 2. The van der Waals surface area contributed by atoms with E-state index in [0.29, 0.717) is 42.8 Å². The maximum absolute atomic E-state index is 13.2. The summed E-state index contributed by atoms with van der Waals surface area (Å²) in [6.45, 7) is 8.18.